The third kappa shape index (κ3) is 5.55. The van der Waals surface area contributed by atoms with Gasteiger partial charge in [-0.15, -0.1) is 11.3 Å². The molecule has 1 aliphatic rings. The highest BCUT2D eigenvalue weighted by molar-refractivity contribution is 7.18. The van der Waals surface area contributed by atoms with Crippen molar-refractivity contribution in [2.75, 3.05) is 28.6 Å². The standard InChI is InChI=1S/C24H25FN4O3S/c1-14-9-21(28-23(30)17-5-4-6-18(25)10-17)33-22(14)24(31)27-19-7-8-20(26-11-19)29-12-15(2)32-16(3)13-29/h4-11,15-16H,12-13H2,1-3H3,(H,27,31)(H,28,30). The molecule has 4 rings (SSSR count). The van der Waals surface area contributed by atoms with Crippen molar-refractivity contribution in [3.8, 4) is 0 Å². The van der Waals surface area contributed by atoms with Crippen LogP contribution < -0.4 is 15.5 Å². The summed E-state index contributed by atoms with van der Waals surface area (Å²) < 4.78 is 19.1. The van der Waals surface area contributed by atoms with E-state index in [1.807, 2.05) is 26.0 Å². The van der Waals surface area contributed by atoms with E-state index in [1.165, 1.54) is 18.2 Å². The number of thiophene rings is 1. The Morgan fingerprint density at radius 3 is 2.52 bits per heavy atom. The number of nitrogens with one attached hydrogen (secondary N) is 2. The fraction of sp³-hybridized carbons (Fsp3) is 0.292. The summed E-state index contributed by atoms with van der Waals surface area (Å²) in [7, 11) is 0. The first-order valence-corrected chi connectivity index (χ1v) is 11.5. The average molecular weight is 469 g/mol. The van der Waals surface area contributed by atoms with Gasteiger partial charge < -0.3 is 20.3 Å². The number of aryl methyl sites for hydroxylation is 1. The Labute approximate surface area is 195 Å². The molecular weight excluding hydrogens is 443 g/mol. The number of carbonyl (C=O) groups is 2. The Bertz CT molecular complexity index is 1150. The van der Waals surface area contributed by atoms with E-state index < -0.39 is 11.7 Å². The summed E-state index contributed by atoms with van der Waals surface area (Å²) in [5.74, 6) is -0.367. The van der Waals surface area contributed by atoms with Gasteiger partial charge in [-0.25, -0.2) is 9.37 Å². The molecule has 2 aromatic heterocycles. The van der Waals surface area contributed by atoms with Crippen molar-refractivity contribution >= 4 is 39.7 Å². The van der Waals surface area contributed by atoms with Crippen LogP contribution in [0.1, 0.15) is 39.4 Å². The average Bonchev–Trinajstić information content (AvgIpc) is 3.13. The summed E-state index contributed by atoms with van der Waals surface area (Å²) in [6, 6.07) is 10.9. The lowest BCUT2D eigenvalue weighted by Gasteiger charge is -2.36. The van der Waals surface area contributed by atoms with Crippen molar-refractivity contribution < 1.29 is 18.7 Å². The largest absolute Gasteiger partial charge is 0.372 e. The van der Waals surface area contributed by atoms with Crippen LogP contribution in [0.25, 0.3) is 0 Å². The summed E-state index contributed by atoms with van der Waals surface area (Å²) >= 11 is 1.16. The molecule has 2 amide bonds. The lowest BCUT2D eigenvalue weighted by atomic mass is 10.2. The SMILES string of the molecule is Cc1cc(NC(=O)c2cccc(F)c2)sc1C(=O)Nc1ccc(N2CC(C)OC(C)C2)nc1. The topological polar surface area (TPSA) is 83.6 Å². The molecule has 2 unspecified atom stereocenters. The zero-order valence-corrected chi connectivity index (χ0v) is 19.4. The van der Waals surface area contributed by atoms with Gasteiger partial charge >= 0.3 is 0 Å². The number of amides is 2. The number of anilines is 3. The molecule has 3 heterocycles. The monoisotopic (exact) mass is 468 g/mol. The molecule has 2 N–H and O–H groups in total. The van der Waals surface area contributed by atoms with Crippen LogP contribution in [0.2, 0.25) is 0 Å². The zero-order chi connectivity index (χ0) is 23.5. The number of ether oxygens (including phenoxy) is 1. The van der Waals surface area contributed by atoms with Gasteiger partial charge in [-0.05, 0) is 62.7 Å². The maximum absolute atomic E-state index is 13.4. The van der Waals surface area contributed by atoms with Crippen LogP contribution in [0.4, 0.5) is 20.9 Å². The van der Waals surface area contributed by atoms with Crippen molar-refractivity contribution in [1.82, 2.24) is 4.98 Å². The highest BCUT2D eigenvalue weighted by atomic mass is 32.1. The van der Waals surface area contributed by atoms with Gasteiger partial charge in [0.05, 0.1) is 34.0 Å². The summed E-state index contributed by atoms with van der Waals surface area (Å²) in [5.41, 5.74) is 1.52. The summed E-state index contributed by atoms with van der Waals surface area (Å²) in [5, 5.41) is 6.09. The van der Waals surface area contributed by atoms with Crippen LogP contribution in [0.3, 0.4) is 0 Å². The highest BCUT2D eigenvalue weighted by Crippen LogP contribution is 2.28. The molecular formula is C24H25FN4O3S. The second kappa shape index (κ2) is 9.68. The van der Waals surface area contributed by atoms with E-state index in [9.17, 15) is 14.0 Å². The molecule has 1 aromatic carbocycles. The number of hydrogen-bond donors (Lipinski definition) is 2. The van der Waals surface area contributed by atoms with Crippen LogP contribution >= 0.6 is 11.3 Å². The van der Waals surface area contributed by atoms with E-state index in [2.05, 4.69) is 20.5 Å². The Balaban J connectivity index is 1.40. The maximum Gasteiger partial charge on any atom is 0.266 e. The minimum Gasteiger partial charge on any atom is -0.372 e. The van der Waals surface area contributed by atoms with E-state index in [-0.39, 0.29) is 23.7 Å². The quantitative estimate of drug-likeness (QED) is 0.567. The van der Waals surface area contributed by atoms with Crippen LogP contribution in [0.15, 0.2) is 48.7 Å². The van der Waals surface area contributed by atoms with Gasteiger partial charge in [0.25, 0.3) is 11.8 Å². The van der Waals surface area contributed by atoms with Crippen molar-refractivity contribution in [1.29, 1.82) is 0 Å². The smallest absolute Gasteiger partial charge is 0.266 e. The van der Waals surface area contributed by atoms with E-state index in [4.69, 9.17) is 4.74 Å². The molecule has 1 saturated heterocycles. The van der Waals surface area contributed by atoms with E-state index in [1.54, 1.807) is 19.2 Å². The van der Waals surface area contributed by atoms with Crippen molar-refractivity contribution in [3.05, 3.63) is 70.5 Å². The summed E-state index contributed by atoms with van der Waals surface area (Å²) in [4.78, 5) is 32.3. The minimum atomic E-state index is -0.484. The molecule has 172 valence electrons. The van der Waals surface area contributed by atoms with Gasteiger partial charge in [0.15, 0.2) is 0 Å². The molecule has 0 aliphatic carbocycles. The zero-order valence-electron chi connectivity index (χ0n) is 18.6. The number of carbonyl (C=O) groups excluding carboxylic acids is 2. The van der Waals surface area contributed by atoms with Crippen molar-refractivity contribution in [2.24, 2.45) is 0 Å². The second-order valence-corrected chi connectivity index (χ2v) is 9.16. The third-order valence-electron chi connectivity index (χ3n) is 5.20. The number of halogens is 1. The maximum atomic E-state index is 13.4. The van der Waals surface area contributed by atoms with Crippen molar-refractivity contribution in [2.45, 2.75) is 33.0 Å². The van der Waals surface area contributed by atoms with Crippen LogP contribution in [0, 0.1) is 12.7 Å². The Morgan fingerprint density at radius 2 is 1.85 bits per heavy atom. The first kappa shape index (κ1) is 22.9. The number of benzene rings is 1. The normalized spacial score (nSPS) is 18.1. The van der Waals surface area contributed by atoms with E-state index >= 15 is 0 Å². The second-order valence-electron chi connectivity index (χ2n) is 8.11. The van der Waals surface area contributed by atoms with Gasteiger partial charge in [0, 0.05) is 18.7 Å². The summed E-state index contributed by atoms with van der Waals surface area (Å²) in [6.45, 7) is 7.40. The Kier molecular flexibility index (Phi) is 6.71. The lowest BCUT2D eigenvalue weighted by molar-refractivity contribution is -0.00545. The van der Waals surface area contributed by atoms with Gasteiger partial charge in [0.1, 0.15) is 11.6 Å². The van der Waals surface area contributed by atoms with E-state index in [0.29, 0.717) is 15.6 Å². The van der Waals surface area contributed by atoms with Crippen LogP contribution in [-0.4, -0.2) is 42.1 Å². The molecule has 0 saturated carbocycles. The van der Waals surface area contributed by atoms with Gasteiger partial charge in [-0.3, -0.25) is 9.59 Å². The van der Waals surface area contributed by atoms with Gasteiger partial charge in [-0.1, -0.05) is 6.07 Å². The molecule has 1 fully saturated rings. The minimum absolute atomic E-state index is 0.132. The molecule has 2 atom stereocenters. The molecule has 7 nitrogen and oxygen atoms in total. The Morgan fingerprint density at radius 1 is 1.09 bits per heavy atom. The number of aromatic nitrogens is 1. The van der Waals surface area contributed by atoms with Gasteiger partial charge in [-0.2, -0.15) is 0 Å². The highest BCUT2D eigenvalue weighted by Gasteiger charge is 2.23. The molecule has 0 spiro atoms. The Hall–Kier alpha value is -3.30. The first-order valence-electron chi connectivity index (χ1n) is 10.6. The number of pyridine rings is 1. The number of morpholine rings is 1. The number of rotatable bonds is 5. The number of hydrogen-bond acceptors (Lipinski definition) is 6. The molecule has 0 radical (unpaired) electrons. The molecule has 3 aromatic rings. The predicted octanol–water partition coefficient (Wildman–Crippen LogP) is 4.71. The molecule has 1 aliphatic heterocycles. The van der Waals surface area contributed by atoms with E-state index in [0.717, 1.165) is 41.9 Å². The summed E-state index contributed by atoms with van der Waals surface area (Å²) in [6.07, 6.45) is 1.90. The van der Waals surface area contributed by atoms with Crippen molar-refractivity contribution in [3.63, 3.8) is 0 Å². The fourth-order valence-corrected chi connectivity index (χ4v) is 4.75. The lowest BCUT2D eigenvalue weighted by Crippen LogP contribution is -2.45. The number of nitrogens with zero attached hydrogens (tertiary/aromatic N) is 2. The van der Waals surface area contributed by atoms with Crippen LogP contribution in [-0.2, 0) is 4.74 Å². The first-order chi connectivity index (χ1) is 15.8. The molecule has 9 heteroatoms. The van der Waals surface area contributed by atoms with Crippen LogP contribution in [0.5, 0.6) is 0 Å². The fourth-order valence-electron chi connectivity index (χ4n) is 3.78. The predicted molar refractivity (Wildman–Crippen MR) is 128 cm³/mol. The molecule has 0 bridgehead atoms. The third-order valence-corrected chi connectivity index (χ3v) is 6.35. The van der Waals surface area contributed by atoms with Gasteiger partial charge in [0.2, 0.25) is 0 Å². The molecule has 33 heavy (non-hydrogen) atoms.